The fourth-order valence-electron chi connectivity index (χ4n) is 1.01. The highest BCUT2D eigenvalue weighted by Crippen LogP contribution is 2.14. The lowest BCUT2D eigenvalue weighted by Crippen LogP contribution is -1.80. The van der Waals surface area contributed by atoms with Crippen LogP contribution in [0.5, 0.6) is 0 Å². The number of rotatable bonds is 1. The molecule has 0 N–H and O–H groups in total. The molecule has 0 spiro atoms. The first-order valence-corrected chi connectivity index (χ1v) is 3.85. The van der Waals surface area contributed by atoms with Crippen LogP contribution in [-0.4, -0.2) is 0 Å². The third-order valence-electron chi connectivity index (χ3n) is 1.73. The van der Waals surface area contributed by atoms with Gasteiger partial charge in [-0.2, -0.15) is 10.5 Å². The van der Waals surface area contributed by atoms with E-state index in [9.17, 15) is 0 Å². The fourth-order valence-corrected chi connectivity index (χ4v) is 1.01. The Balaban J connectivity index is 3.12. The van der Waals surface area contributed by atoms with E-state index in [1.165, 1.54) is 6.08 Å². The Morgan fingerprint density at radius 1 is 1.38 bits per heavy atom. The summed E-state index contributed by atoms with van der Waals surface area (Å²) in [5.74, 6) is 0. The lowest BCUT2D eigenvalue weighted by atomic mass is 10.1. The third kappa shape index (κ3) is 2.18. The van der Waals surface area contributed by atoms with Crippen molar-refractivity contribution in [1.29, 1.82) is 10.5 Å². The standard InChI is InChI=1S/C11H8N2/c1-9(5-6-12)11-4-2-3-10(7-11)8-13/h2-5,7H,1H3/b9-5-. The van der Waals surface area contributed by atoms with Gasteiger partial charge in [0.05, 0.1) is 17.7 Å². The van der Waals surface area contributed by atoms with Crippen molar-refractivity contribution in [1.82, 2.24) is 0 Å². The lowest BCUT2D eigenvalue weighted by molar-refractivity contribution is 1.46. The van der Waals surface area contributed by atoms with E-state index in [0.29, 0.717) is 5.56 Å². The minimum atomic E-state index is 0.614. The second-order valence-corrected chi connectivity index (χ2v) is 2.65. The number of allylic oxidation sites excluding steroid dienone is 2. The molecule has 1 aromatic rings. The van der Waals surface area contributed by atoms with Crippen LogP contribution in [0, 0.1) is 22.7 Å². The maximum Gasteiger partial charge on any atom is 0.0991 e. The molecule has 0 aliphatic rings. The van der Waals surface area contributed by atoms with Gasteiger partial charge in [0.15, 0.2) is 0 Å². The first kappa shape index (κ1) is 9.03. The molecule has 0 saturated carbocycles. The summed E-state index contributed by atoms with van der Waals surface area (Å²) in [6, 6.07) is 11.2. The molecule has 0 aliphatic heterocycles. The van der Waals surface area contributed by atoms with Gasteiger partial charge in [-0.1, -0.05) is 12.1 Å². The Morgan fingerprint density at radius 3 is 2.77 bits per heavy atom. The molecule has 62 valence electrons. The molecular formula is C11H8N2. The zero-order valence-corrected chi connectivity index (χ0v) is 7.28. The Kier molecular flexibility index (Phi) is 2.84. The van der Waals surface area contributed by atoms with Crippen molar-refractivity contribution >= 4 is 5.57 Å². The van der Waals surface area contributed by atoms with Crippen LogP contribution in [0.15, 0.2) is 30.3 Å². The van der Waals surface area contributed by atoms with Crippen molar-refractivity contribution in [3.63, 3.8) is 0 Å². The average molecular weight is 168 g/mol. The van der Waals surface area contributed by atoms with Crippen LogP contribution in [0.2, 0.25) is 0 Å². The number of benzene rings is 1. The van der Waals surface area contributed by atoms with Gasteiger partial charge in [-0.15, -0.1) is 0 Å². The van der Waals surface area contributed by atoms with E-state index in [1.54, 1.807) is 12.1 Å². The predicted molar refractivity (Wildman–Crippen MR) is 50.4 cm³/mol. The maximum atomic E-state index is 8.64. The molecule has 0 amide bonds. The van der Waals surface area contributed by atoms with Crippen molar-refractivity contribution in [2.45, 2.75) is 6.92 Å². The summed E-state index contributed by atoms with van der Waals surface area (Å²) in [4.78, 5) is 0. The molecule has 2 heteroatoms. The molecule has 0 heterocycles. The Labute approximate surface area is 77.4 Å². The van der Waals surface area contributed by atoms with E-state index in [1.807, 2.05) is 25.1 Å². The van der Waals surface area contributed by atoms with Crippen molar-refractivity contribution in [2.24, 2.45) is 0 Å². The Hall–Kier alpha value is -2.06. The summed E-state index contributed by atoms with van der Waals surface area (Å²) < 4.78 is 0. The van der Waals surface area contributed by atoms with Crippen molar-refractivity contribution in [3.8, 4) is 12.1 Å². The summed E-state index contributed by atoms with van der Waals surface area (Å²) in [6.45, 7) is 1.85. The van der Waals surface area contributed by atoms with Gasteiger partial charge in [-0.05, 0) is 30.2 Å². The maximum absolute atomic E-state index is 8.64. The predicted octanol–water partition coefficient (Wildman–Crippen LogP) is 2.49. The van der Waals surface area contributed by atoms with Gasteiger partial charge in [-0.25, -0.2) is 0 Å². The van der Waals surface area contributed by atoms with Gasteiger partial charge >= 0.3 is 0 Å². The quantitative estimate of drug-likeness (QED) is 0.605. The highest BCUT2D eigenvalue weighted by atomic mass is 14.2. The molecule has 2 nitrogen and oxygen atoms in total. The smallest absolute Gasteiger partial charge is 0.0991 e. The summed E-state index contributed by atoms with van der Waals surface area (Å²) >= 11 is 0. The van der Waals surface area contributed by atoms with Gasteiger partial charge in [0, 0.05) is 6.08 Å². The van der Waals surface area contributed by atoms with Crippen LogP contribution in [0.3, 0.4) is 0 Å². The molecule has 0 unspecified atom stereocenters. The van der Waals surface area contributed by atoms with E-state index in [-0.39, 0.29) is 0 Å². The molecular weight excluding hydrogens is 160 g/mol. The summed E-state index contributed by atoms with van der Waals surface area (Å²) in [7, 11) is 0. The molecule has 0 saturated heterocycles. The second-order valence-electron chi connectivity index (χ2n) is 2.65. The molecule has 13 heavy (non-hydrogen) atoms. The first-order chi connectivity index (χ1) is 6.27. The summed E-state index contributed by atoms with van der Waals surface area (Å²) in [6.07, 6.45) is 1.47. The molecule has 0 aliphatic carbocycles. The van der Waals surface area contributed by atoms with E-state index >= 15 is 0 Å². The Bertz CT molecular complexity index is 416. The SMILES string of the molecule is C/C(=C/C#N)c1cccc(C#N)c1. The minimum Gasteiger partial charge on any atom is -0.193 e. The largest absolute Gasteiger partial charge is 0.193 e. The van der Waals surface area contributed by atoms with Crippen LogP contribution in [0.1, 0.15) is 18.1 Å². The van der Waals surface area contributed by atoms with Gasteiger partial charge in [0.1, 0.15) is 0 Å². The van der Waals surface area contributed by atoms with E-state index < -0.39 is 0 Å². The molecule has 0 radical (unpaired) electrons. The van der Waals surface area contributed by atoms with Crippen LogP contribution in [-0.2, 0) is 0 Å². The Morgan fingerprint density at radius 2 is 2.15 bits per heavy atom. The van der Waals surface area contributed by atoms with Crippen LogP contribution in [0.4, 0.5) is 0 Å². The monoisotopic (exact) mass is 168 g/mol. The van der Waals surface area contributed by atoms with Gasteiger partial charge in [0.2, 0.25) is 0 Å². The fraction of sp³-hybridized carbons (Fsp3) is 0.0909. The second kappa shape index (κ2) is 4.09. The zero-order chi connectivity index (χ0) is 9.68. The lowest BCUT2D eigenvalue weighted by Gasteiger charge is -1.98. The average Bonchev–Trinajstić information content (AvgIpc) is 2.18. The highest BCUT2D eigenvalue weighted by molar-refractivity contribution is 5.66. The van der Waals surface area contributed by atoms with Crippen molar-refractivity contribution in [2.75, 3.05) is 0 Å². The number of nitrogens with zero attached hydrogens (tertiary/aromatic N) is 2. The van der Waals surface area contributed by atoms with E-state index in [0.717, 1.165) is 11.1 Å². The number of hydrogen-bond donors (Lipinski definition) is 0. The molecule has 0 fully saturated rings. The van der Waals surface area contributed by atoms with E-state index in [4.69, 9.17) is 10.5 Å². The molecule has 0 aromatic heterocycles. The minimum absolute atomic E-state index is 0.614. The first-order valence-electron chi connectivity index (χ1n) is 3.85. The molecule has 1 rings (SSSR count). The van der Waals surface area contributed by atoms with Crippen molar-refractivity contribution in [3.05, 3.63) is 41.5 Å². The summed E-state index contributed by atoms with van der Waals surface area (Å²) in [5.41, 5.74) is 2.41. The topological polar surface area (TPSA) is 47.6 Å². The number of hydrogen-bond acceptors (Lipinski definition) is 2. The molecule has 0 bridgehead atoms. The van der Waals surface area contributed by atoms with Crippen LogP contribution in [0.25, 0.3) is 5.57 Å². The summed E-state index contributed by atoms with van der Waals surface area (Å²) in [5, 5.41) is 17.1. The third-order valence-corrected chi connectivity index (χ3v) is 1.73. The van der Waals surface area contributed by atoms with Gasteiger partial charge < -0.3 is 0 Å². The van der Waals surface area contributed by atoms with Gasteiger partial charge in [0.25, 0.3) is 0 Å². The van der Waals surface area contributed by atoms with Crippen molar-refractivity contribution < 1.29 is 0 Å². The van der Waals surface area contributed by atoms with E-state index in [2.05, 4.69) is 6.07 Å². The molecule has 1 aromatic carbocycles. The van der Waals surface area contributed by atoms with Crippen LogP contribution < -0.4 is 0 Å². The normalized spacial score (nSPS) is 10.2. The number of nitriles is 2. The van der Waals surface area contributed by atoms with Crippen LogP contribution >= 0.6 is 0 Å². The zero-order valence-electron chi connectivity index (χ0n) is 7.28. The molecule has 0 atom stereocenters. The van der Waals surface area contributed by atoms with Gasteiger partial charge in [-0.3, -0.25) is 0 Å². The highest BCUT2D eigenvalue weighted by Gasteiger charge is 1.96.